The van der Waals surface area contributed by atoms with Gasteiger partial charge in [-0.2, -0.15) is 11.8 Å². The molecule has 0 saturated carbocycles. The van der Waals surface area contributed by atoms with Crippen molar-refractivity contribution in [1.29, 1.82) is 0 Å². The second-order valence-electron chi connectivity index (χ2n) is 3.38. The topological polar surface area (TPSA) is 12.0 Å². The molecule has 0 aromatic heterocycles. The minimum Gasteiger partial charge on any atom is -0.383 e. The Morgan fingerprint density at radius 2 is 1.94 bits per heavy atom. The molecule has 5 heteroatoms. The second-order valence-corrected chi connectivity index (χ2v) is 4.36. The van der Waals surface area contributed by atoms with Crippen molar-refractivity contribution in [1.82, 2.24) is 0 Å². The Labute approximate surface area is 97.4 Å². The van der Waals surface area contributed by atoms with Crippen LogP contribution in [0, 0.1) is 17.5 Å². The van der Waals surface area contributed by atoms with Crippen LogP contribution in [0.4, 0.5) is 18.9 Å². The summed E-state index contributed by atoms with van der Waals surface area (Å²) in [6.07, 6.45) is 3.85. The molecule has 0 radical (unpaired) electrons. The van der Waals surface area contributed by atoms with E-state index in [4.69, 9.17) is 0 Å². The van der Waals surface area contributed by atoms with E-state index in [0.29, 0.717) is 12.6 Å². The number of unbranched alkanes of at least 4 members (excludes halogenated alkanes) is 1. The molecular formula is C11H14F3NS. The first kappa shape index (κ1) is 13.2. The molecule has 0 bridgehead atoms. The lowest BCUT2D eigenvalue weighted by molar-refractivity contribution is 0.497. The van der Waals surface area contributed by atoms with Crippen LogP contribution in [0.15, 0.2) is 12.1 Å². The maximum Gasteiger partial charge on any atom is 0.182 e. The second kappa shape index (κ2) is 6.68. The molecule has 1 aromatic carbocycles. The van der Waals surface area contributed by atoms with Crippen LogP contribution in [0.2, 0.25) is 0 Å². The summed E-state index contributed by atoms with van der Waals surface area (Å²) in [7, 11) is 0. The highest BCUT2D eigenvalue weighted by Gasteiger charge is 2.09. The average molecular weight is 249 g/mol. The fraction of sp³-hybridized carbons (Fsp3) is 0.455. The van der Waals surface area contributed by atoms with Crippen molar-refractivity contribution in [2.75, 3.05) is 23.9 Å². The van der Waals surface area contributed by atoms with Gasteiger partial charge in [0.25, 0.3) is 0 Å². The van der Waals surface area contributed by atoms with E-state index < -0.39 is 17.5 Å². The molecule has 1 rings (SSSR count). The van der Waals surface area contributed by atoms with E-state index in [9.17, 15) is 13.2 Å². The van der Waals surface area contributed by atoms with Gasteiger partial charge in [-0.15, -0.1) is 0 Å². The maximum absolute atomic E-state index is 13.1. The summed E-state index contributed by atoms with van der Waals surface area (Å²) in [5, 5.41) is 2.69. The van der Waals surface area contributed by atoms with Crippen molar-refractivity contribution in [3.8, 4) is 0 Å². The zero-order chi connectivity index (χ0) is 12.0. The summed E-state index contributed by atoms with van der Waals surface area (Å²) in [6, 6.07) is 1.50. The smallest absolute Gasteiger partial charge is 0.182 e. The summed E-state index contributed by atoms with van der Waals surface area (Å²) >= 11 is 1.73. The van der Waals surface area contributed by atoms with E-state index in [-0.39, 0.29) is 5.69 Å². The highest BCUT2D eigenvalue weighted by atomic mass is 32.2. The Hall–Kier alpha value is -0.840. The zero-order valence-corrected chi connectivity index (χ0v) is 9.84. The van der Waals surface area contributed by atoms with Crippen molar-refractivity contribution in [2.24, 2.45) is 0 Å². The summed E-state index contributed by atoms with van der Waals surface area (Å²) in [5.41, 5.74) is -0.110. The predicted molar refractivity (Wildman–Crippen MR) is 62.4 cm³/mol. The van der Waals surface area contributed by atoms with E-state index in [1.54, 1.807) is 11.8 Å². The number of hydrogen-bond donors (Lipinski definition) is 1. The van der Waals surface area contributed by atoms with Gasteiger partial charge in [0.05, 0.1) is 5.69 Å². The Balaban J connectivity index is 2.47. The molecule has 16 heavy (non-hydrogen) atoms. The normalized spacial score (nSPS) is 10.5. The predicted octanol–water partition coefficient (Wildman–Crippen LogP) is 3.66. The zero-order valence-electron chi connectivity index (χ0n) is 9.03. The number of nitrogens with one attached hydrogen (secondary N) is 1. The number of rotatable bonds is 6. The van der Waals surface area contributed by atoms with Crippen LogP contribution in [0.1, 0.15) is 12.8 Å². The average Bonchev–Trinajstić information content (AvgIpc) is 2.24. The molecule has 0 aliphatic rings. The molecule has 0 atom stereocenters. The summed E-state index contributed by atoms with van der Waals surface area (Å²) in [4.78, 5) is 0. The van der Waals surface area contributed by atoms with E-state index >= 15 is 0 Å². The number of anilines is 1. The standard InChI is InChI=1S/C11H14F3NS/c1-16-5-3-2-4-15-10-7-8(12)6-9(13)11(10)14/h6-7,15H,2-5H2,1H3. The molecule has 0 heterocycles. The van der Waals surface area contributed by atoms with Crippen molar-refractivity contribution in [3.63, 3.8) is 0 Å². The molecular weight excluding hydrogens is 235 g/mol. The SMILES string of the molecule is CSCCCCNc1cc(F)cc(F)c1F. The summed E-state index contributed by atoms with van der Waals surface area (Å²) in [5.74, 6) is -1.93. The first-order chi connectivity index (χ1) is 7.65. The third-order valence-electron chi connectivity index (χ3n) is 2.08. The molecule has 0 unspecified atom stereocenters. The van der Waals surface area contributed by atoms with Crippen LogP contribution in [0.5, 0.6) is 0 Å². The van der Waals surface area contributed by atoms with Gasteiger partial charge in [0.15, 0.2) is 11.6 Å². The van der Waals surface area contributed by atoms with Crippen LogP contribution >= 0.6 is 11.8 Å². The van der Waals surface area contributed by atoms with Gasteiger partial charge in [0, 0.05) is 18.7 Å². The van der Waals surface area contributed by atoms with Gasteiger partial charge in [-0.25, -0.2) is 13.2 Å². The van der Waals surface area contributed by atoms with E-state index in [2.05, 4.69) is 5.32 Å². The van der Waals surface area contributed by atoms with E-state index in [1.165, 1.54) is 0 Å². The van der Waals surface area contributed by atoms with Gasteiger partial charge >= 0.3 is 0 Å². The molecule has 1 aromatic rings. The molecule has 1 N–H and O–H groups in total. The fourth-order valence-corrected chi connectivity index (χ4v) is 1.77. The largest absolute Gasteiger partial charge is 0.383 e. The highest BCUT2D eigenvalue weighted by molar-refractivity contribution is 7.98. The number of benzene rings is 1. The van der Waals surface area contributed by atoms with Crippen molar-refractivity contribution >= 4 is 17.4 Å². The molecule has 0 spiro atoms. The molecule has 0 aliphatic heterocycles. The van der Waals surface area contributed by atoms with Crippen LogP contribution in [0.3, 0.4) is 0 Å². The minimum absolute atomic E-state index is 0.110. The van der Waals surface area contributed by atoms with Gasteiger partial charge in [-0.05, 0) is 24.9 Å². The van der Waals surface area contributed by atoms with Crippen molar-refractivity contribution < 1.29 is 13.2 Å². The fourth-order valence-electron chi connectivity index (χ4n) is 1.28. The van der Waals surface area contributed by atoms with Gasteiger partial charge in [0.2, 0.25) is 0 Å². The van der Waals surface area contributed by atoms with Crippen molar-refractivity contribution in [3.05, 3.63) is 29.6 Å². The lowest BCUT2D eigenvalue weighted by Crippen LogP contribution is -2.05. The Morgan fingerprint density at radius 3 is 2.62 bits per heavy atom. The quantitative estimate of drug-likeness (QED) is 0.610. The molecule has 90 valence electrons. The van der Waals surface area contributed by atoms with E-state index in [0.717, 1.165) is 24.7 Å². The van der Waals surface area contributed by atoms with E-state index in [1.807, 2.05) is 6.26 Å². The van der Waals surface area contributed by atoms with Crippen LogP contribution in [-0.2, 0) is 0 Å². The molecule has 0 amide bonds. The summed E-state index contributed by atoms with van der Waals surface area (Å²) < 4.78 is 38.7. The lowest BCUT2D eigenvalue weighted by atomic mass is 10.2. The number of thioether (sulfide) groups is 1. The van der Waals surface area contributed by atoms with Gasteiger partial charge in [0.1, 0.15) is 5.82 Å². The highest BCUT2D eigenvalue weighted by Crippen LogP contribution is 2.19. The molecule has 0 aliphatic carbocycles. The van der Waals surface area contributed by atoms with Crippen LogP contribution in [-0.4, -0.2) is 18.6 Å². The summed E-state index contributed by atoms with van der Waals surface area (Å²) in [6.45, 7) is 0.514. The minimum atomic E-state index is -1.16. The van der Waals surface area contributed by atoms with Gasteiger partial charge < -0.3 is 5.32 Å². The first-order valence-corrected chi connectivity index (χ1v) is 6.42. The van der Waals surface area contributed by atoms with Gasteiger partial charge in [-0.1, -0.05) is 0 Å². The Bertz CT molecular complexity index is 344. The van der Waals surface area contributed by atoms with Crippen LogP contribution in [0.25, 0.3) is 0 Å². The monoisotopic (exact) mass is 249 g/mol. The molecule has 0 fully saturated rings. The Morgan fingerprint density at radius 1 is 1.19 bits per heavy atom. The maximum atomic E-state index is 13.1. The third kappa shape index (κ3) is 3.96. The third-order valence-corrected chi connectivity index (χ3v) is 2.78. The lowest BCUT2D eigenvalue weighted by Gasteiger charge is -2.07. The van der Waals surface area contributed by atoms with Crippen molar-refractivity contribution in [2.45, 2.75) is 12.8 Å². The first-order valence-electron chi connectivity index (χ1n) is 5.02. The van der Waals surface area contributed by atoms with Gasteiger partial charge in [-0.3, -0.25) is 0 Å². The number of halogens is 3. The molecule has 1 nitrogen and oxygen atoms in total. The molecule has 0 saturated heterocycles. The number of hydrogen-bond acceptors (Lipinski definition) is 2. The Kier molecular flexibility index (Phi) is 5.52. The van der Waals surface area contributed by atoms with Crippen LogP contribution < -0.4 is 5.32 Å².